The Balaban J connectivity index is 2.28. The molecule has 0 aromatic heterocycles. The zero-order valence-corrected chi connectivity index (χ0v) is 11.7. The molecule has 2 atom stereocenters. The van der Waals surface area contributed by atoms with Crippen LogP contribution in [0.4, 0.5) is 0 Å². The van der Waals surface area contributed by atoms with Crippen molar-refractivity contribution in [1.29, 1.82) is 0 Å². The monoisotopic (exact) mass is 260 g/mol. The van der Waals surface area contributed by atoms with Gasteiger partial charge >= 0.3 is 0 Å². The molecule has 0 bridgehead atoms. The highest BCUT2D eigenvalue weighted by Crippen LogP contribution is 2.33. The van der Waals surface area contributed by atoms with E-state index < -0.39 is 0 Å². The number of fused-ring (bicyclic) bond motifs is 1. The fraction of sp³-hybridized carbons (Fsp3) is 0.500. The number of rotatable bonds is 3. The topological polar surface area (TPSA) is 43.4 Å². The first kappa shape index (κ1) is 13.8. The Bertz CT molecular complexity index is 505. The van der Waals surface area contributed by atoms with Gasteiger partial charge in [-0.25, -0.2) is 0 Å². The molecule has 0 spiro atoms. The van der Waals surface area contributed by atoms with Gasteiger partial charge in [0, 0.05) is 23.8 Å². The van der Waals surface area contributed by atoms with Gasteiger partial charge in [0.2, 0.25) is 0 Å². The lowest BCUT2D eigenvalue weighted by Crippen LogP contribution is -2.19. The Morgan fingerprint density at radius 2 is 2.11 bits per heavy atom. The van der Waals surface area contributed by atoms with Crippen molar-refractivity contribution >= 4 is 11.6 Å². The minimum atomic E-state index is -0.134. The summed E-state index contributed by atoms with van der Waals surface area (Å²) >= 11 is 0. The first-order valence-electron chi connectivity index (χ1n) is 6.78. The summed E-state index contributed by atoms with van der Waals surface area (Å²) in [6.45, 7) is 5.88. The van der Waals surface area contributed by atoms with E-state index >= 15 is 0 Å². The first-order valence-corrected chi connectivity index (χ1v) is 6.78. The number of carbonyl (C=O) groups excluding carboxylic acids is 2. The first-order chi connectivity index (χ1) is 8.99. The van der Waals surface area contributed by atoms with Gasteiger partial charge in [-0.05, 0) is 25.0 Å². The molecule has 2 rings (SSSR count). The quantitative estimate of drug-likeness (QED) is 0.839. The van der Waals surface area contributed by atoms with Gasteiger partial charge in [0.05, 0.1) is 6.61 Å². The summed E-state index contributed by atoms with van der Waals surface area (Å²) in [7, 11) is 0. The van der Waals surface area contributed by atoms with Crippen molar-refractivity contribution in [3.05, 3.63) is 29.3 Å². The summed E-state index contributed by atoms with van der Waals surface area (Å²) < 4.78 is 5.69. The van der Waals surface area contributed by atoms with Crippen LogP contribution in [0, 0.1) is 5.92 Å². The van der Waals surface area contributed by atoms with Crippen molar-refractivity contribution in [2.75, 3.05) is 6.61 Å². The van der Waals surface area contributed by atoms with E-state index in [1.54, 1.807) is 6.92 Å². The normalized spacial score (nSPS) is 22.4. The van der Waals surface area contributed by atoms with E-state index in [9.17, 15) is 9.59 Å². The maximum Gasteiger partial charge on any atom is 0.146 e. The maximum absolute atomic E-state index is 12.2. The van der Waals surface area contributed by atoms with Crippen LogP contribution in [-0.2, 0) is 16.0 Å². The molecular formula is C16H20O3. The van der Waals surface area contributed by atoms with Gasteiger partial charge in [-0.3, -0.25) is 4.79 Å². The molecule has 0 N–H and O–H groups in total. The molecule has 0 amide bonds. The van der Waals surface area contributed by atoms with Gasteiger partial charge in [-0.1, -0.05) is 26.0 Å². The summed E-state index contributed by atoms with van der Waals surface area (Å²) in [6, 6.07) is 5.92. The molecule has 1 aromatic carbocycles. The molecule has 0 radical (unpaired) electrons. The molecule has 0 saturated heterocycles. The third kappa shape index (κ3) is 3.03. The lowest BCUT2D eigenvalue weighted by molar-refractivity contribution is -0.123. The molecule has 0 saturated carbocycles. The van der Waals surface area contributed by atoms with Crippen LogP contribution in [0.25, 0.3) is 0 Å². The lowest BCUT2D eigenvalue weighted by atomic mass is 9.89. The molecule has 102 valence electrons. The van der Waals surface area contributed by atoms with Crippen molar-refractivity contribution in [2.45, 2.75) is 39.5 Å². The molecule has 1 unspecified atom stereocenters. The molecule has 3 heteroatoms. The number of ketones is 2. The van der Waals surface area contributed by atoms with Crippen LogP contribution in [0.2, 0.25) is 0 Å². The largest absolute Gasteiger partial charge is 0.493 e. The third-order valence-electron chi connectivity index (χ3n) is 3.71. The van der Waals surface area contributed by atoms with Crippen LogP contribution < -0.4 is 4.74 Å². The van der Waals surface area contributed by atoms with Crippen molar-refractivity contribution in [1.82, 2.24) is 0 Å². The fourth-order valence-electron chi connectivity index (χ4n) is 2.42. The Kier molecular flexibility index (Phi) is 4.03. The standard InChI is InChI=1S/C16H20O3/c1-10-9-19-15-7-6-13(5-4-11(2)17)8-14(15)12(3)16(10)18/h6-8,10,12H,4-5,9H2,1-3H3/t10-,12?/m0/s1. The van der Waals surface area contributed by atoms with E-state index in [0.29, 0.717) is 13.0 Å². The SMILES string of the molecule is CC(=O)CCc1ccc2c(c1)C(C)C(=O)[C@@H](C)CO2. The second-order valence-corrected chi connectivity index (χ2v) is 5.41. The number of hydrogen-bond donors (Lipinski definition) is 0. The highest BCUT2D eigenvalue weighted by atomic mass is 16.5. The molecule has 1 heterocycles. The summed E-state index contributed by atoms with van der Waals surface area (Å²) in [5.74, 6) is 1.01. The zero-order chi connectivity index (χ0) is 14.0. The number of hydrogen-bond acceptors (Lipinski definition) is 3. The van der Waals surface area contributed by atoms with Crippen LogP contribution in [0.5, 0.6) is 5.75 Å². The van der Waals surface area contributed by atoms with Crippen LogP contribution in [0.3, 0.4) is 0 Å². The Morgan fingerprint density at radius 3 is 2.79 bits per heavy atom. The maximum atomic E-state index is 12.2. The van der Waals surface area contributed by atoms with E-state index in [1.165, 1.54) is 0 Å². The lowest BCUT2D eigenvalue weighted by Gasteiger charge is -2.13. The highest BCUT2D eigenvalue weighted by Gasteiger charge is 2.28. The molecule has 1 aliphatic heterocycles. The van der Waals surface area contributed by atoms with Crippen LogP contribution in [-0.4, -0.2) is 18.2 Å². The van der Waals surface area contributed by atoms with Crippen LogP contribution in [0.15, 0.2) is 18.2 Å². The van der Waals surface area contributed by atoms with Crippen molar-refractivity contribution < 1.29 is 14.3 Å². The number of Topliss-reactive ketones (excluding diaryl/α,β-unsaturated/α-hetero) is 2. The highest BCUT2D eigenvalue weighted by molar-refractivity contribution is 5.88. The van der Waals surface area contributed by atoms with Crippen molar-refractivity contribution in [2.24, 2.45) is 5.92 Å². The van der Waals surface area contributed by atoms with Gasteiger partial charge in [0.15, 0.2) is 0 Å². The Morgan fingerprint density at radius 1 is 1.37 bits per heavy atom. The molecular weight excluding hydrogens is 240 g/mol. The van der Waals surface area contributed by atoms with Crippen molar-refractivity contribution in [3.8, 4) is 5.75 Å². The van der Waals surface area contributed by atoms with E-state index in [-0.39, 0.29) is 23.4 Å². The molecule has 19 heavy (non-hydrogen) atoms. The van der Waals surface area contributed by atoms with E-state index in [2.05, 4.69) is 0 Å². The van der Waals surface area contributed by atoms with Gasteiger partial charge in [-0.15, -0.1) is 0 Å². The molecule has 3 nitrogen and oxygen atoms in total. The molecule has 1 aliphatic rings. The van der Waals surface area contributed by atoms with Crippen LogP contribution in [0.1, 0.15) is 44.2 Å². The second-order valence-electron chi connectivity index (χ2n) is 5.41. The molecule has 0 fully saturated rings. The van der Waals surface area contributed by atoms with E-state index in [0.717, 1.165) is 23.3 Å². The summed E-state index contributed by atoms with van der Waals surface area (Å²) in [5.41, 5.74) is 2.04. The third-order valence-corrected chi connectivity index (χ3v) is 3.71. The van der Waals surface area contributed by atoms with Gasteiger partial charge in [-0.2, -0.15) is 0 Å². The minimum Gasteiger partial charge on any atom is -0.493 e. The van der Waals surface area contributed by atoms with Gasteiger partial charge in [0.1, 0.15) is 17.3 Å². The predicted octanol–water partition coefficient (Wildman–Crippen LogP) is 2.91. The summed E-state index contributed by atoms with van der Waals surface area (Å²) in [5, 5.41) is 0. The Hall–Kier alpha value is -1.64. The van der Waals surface area contributed by atoms with Gasteiger partial charge < -0.3 is 9.53 Å². The number of benzene rings is 1. The van der Waals surface area contributed by atoms with E-state index in [1.807, 2.05) is 32.0 Å². The smallest absolute Gasteiger partial charge is 0.146 e. The van der Waals surface area contributed by atoms with Crippen molar-refractivity contribution in [3.63, 3.8) is 0 Å². The van der Waals surface area contributed by atoms with Crippen LogP contribution >= 0.6 is 0 Å². The molecule has 1 aromatic rings. The predicted molar refractivity (Wildman–Crippen MR) is 73.5 cm³/mol. The Labute approximate surface area is 114 Å². The molecule has 0 aliphatic carbocycles. The zero-order valence-electron chi connectivity index (χ0n) is 11.7. The minimum absolute atomic E-state index is 0.0666. The summed E-state index contributed by atoms with van der Waals surface area (Å²) in [6.07, 6.45) is 1.26. The fourth-order valence-corrected chi connectivity index (χ4v) is 2.42. The van der Waals surface area contributed by atoms with Gasteiger partial charge in [0.25, 0.3) is 0 Å². The second kappa shape index (κ2) is 5.55. The number of carbonyl (C=O) groups is 2. The average molecular weight is 260 g/mol. The number of ether oxygens (including phenoxy) is 1. The number of aryl methyl sites for hydroxylation is 1. The summed E-state index contributed by atoms with van der Waals surface area (Å²) in [4.78, 5) is 23.2. The average Bonchev–Trinajstić information content (AvgIpc) is 2.49. The van der Waals surface area contributed by atoms with E-state index in [4.69, 9.17) is 4.74 Å².